The quantitative estimate of drug-likeness (QED) is 0.261. The highest BCUT2D eigenvalue weighted by Gasteiger charge is 2.41. The first-order valence-electron chi connectivity index (χ1n) is 12.8. The Labute approximate surface area is 218 Å². The van der Waals surface area contributed by atoms with Gasteiger partial charge in [-0.3, -0.25) is 4.98 Å². The summed E-state index contributed by atoms with van der Waals surface area (Å²) in [5.41, 5.74) is 8.09. The second-order valence-electron chi connectivity index (χ2n) is 11.2. The van der Waals surface area contributed by atoms with E-state index in [4.69, 9.17) is 19.9 Å². The van der Waals surface area contributed by atoms with Gasteiger partial charge in [0.15, 0.2) is 17.5 Å². The molecule has 2 aromatic heterocycles. The number of hydrogen-bond donors (Lipinski definition) is 0. The molecule has 0 bridgehead atoms. The van der Waals surface area contributed by atoms with Crippen molar-refractivity contribution in [2.45, 2.75) is 44.9 Å². The second-order valence-corrected chi connectivity index (χ2v) is 11.2. The molecular weight excluding hydrogens is 452 g/mol. The Morgan fingerprint density at radius 2 is 1.03 bits per heavy atom. The first kappa shape index (κ1) is 23.2. The molecule has 0 aliphatic heterocycles. The molecule has 37 heavy (non-hydrogen) atoms. The maximum Gasteiger partial charge on any atom is 0.165 e. The fourth-order valence-corrected chi connectivity index (χ4v) is 5.78. The lowest BCUT2D eigenvalue weighted by atomic mass is 9.82. The SMILES string of the molecule is CC1(C)CC(C)(C)c2cc(-c3ccc(-c4nc(-c5ccccc5)nc(-c5ccccc5)n4)cn3)ccc21. The molecule has 0 saturated heterocycles. The third kappa shape index (κ3) is 4.33. The minimum Gasteiger partial charge on any atom is -0.255 e. The number of pyridine rings is 1. The zero-order valence-electron chi connectivity index (χ0n) is 21.7. The van der Waals surface area contributed by atoms with Crippen LogP contribution < -0.4 is 0 Å². The molecule has 5 aromatic rings. The molecule has 0 fully saturated rings. The van der Waals surface area contributed by atoms with E-state index in [2.05, 4.69) is 58.0 Å². The van der Waals surface area contributed by atoms with Crippen molar-refractivity contribution in [1.82, 2.24) is 19.9 Å². The molecule has 182 valence electrons. The van der Waals surface area contributed by atoms with Gasteiger partial charge in [0.2, 0.25) is 0 Å². The Bertz CT molecular complexity index is 1510. The Hall–Kier alpha value is -4.18. The van der Waals surface area contributed by atoms with Crippen LogP contribution in [-0.4, -0.2) is 19.9 Å². The average Bonchev–Trinajstić information content (AvgIpc) is 3.12. The van der Waals surface area contributed by atoms with Crippen molar-refractivity contribution >= 4 is 0 Å². The van der Waals surface area contributed by atoms with E-state index in [-0.39, 0.29) is 10.8 Å². The molecule has 0 unspecified atom stereocenters. The summed E-state index contributed by atoms with van der Waals surface area (Å²) in [7, 11) is 0. The smallest absolute Gasteiger partial charge is 0.165 e. The predicted molar refractivity (Wildman–Crippen MR) is 150 cm³/mol. The predicted octanol–water partition coefficient (Wildman–Crippen LogP) is 7.89. The second kappa shape index (κ2) is 8.74. The third-order valence-electron chi connectivity index (χ3n) is 7.38. The minimum atomic E-state index is 0.154. The van der Waals surface area contributed by atoms with Crippen LogP contribution in [0.1, 0.15) is 45.2 Å². The standard InChI is InChI=1S/C33H30N4/c1-32(2)21-33(3,4)27-19-24(15-17-26(27)32)28-18-16-25(20-34-28)31-36-29(22-11-7-5-8-12-22)35-30(37-31)23-13-9-6-10-14-23/h5-20H,21H2,1-4H3. The average molecular weight is 483 g/mol. The van der Waals surface area contributed by atoms with Gasteiger partial charge < -0.3 is 0 Å². The van der Waals surface area contributed by atoms with E-state index >= 15 is 0 Å². The molecule has 6 rings (SSSR count). The molecular formula is C33H30N4. The summed E-state index contributed by atoms with van der Waals surface area (Å²) in [5.74, 6) is 1.91. The molecule has 1 aliphatic rings. The summed E-state index contributed by atoms with van der Waals surface area (Å²) in [6.07, 6.45) is 3.02. The fraction of sp³-hybridized carbons (Fsp3) is 0.212. The number of rotatable bonds is 4. The summed E-state index contributed by atoms with van der Waals surface area (Å²) >= 11 is 0. The third-order valence-corrected chi connectivity index (χ3v) is 7.38. The van der Waals surface area contributed by atoms with Crippen LogP contribution in [0.15, 0.2) is 97.2 Å². The van der Waals surface area contributed by atoms with Gasteiger partial charge in [-0.25, -0.2) is 15.0 Å². The van der Waals surface area contributed by atoms with Crippen LogP contribution in [0.5, 0.6) is 0 Å². The van der Waals surface area contributed by atoms with Gasteiger partial charge in [0, 0.05) is 28.5 Å². The maximum absolute atomic E-state index is 4.84. The normalized spacial score (nSPS) is 15.4. The molecule has 3 aromatic carbocycles. The zero-order chi connectivity index (χ0) is 25.6. The summed E-state index contributed by atoms with van der Waals surface area (Å²) in [6.45, 7) is 9.37. The van der Waals surface area contributed by atoms with E-state index in [0.717, 1.165) is 34.4 Å². The summed E-state index contributed by atoms with van der Waals surface area (Å²) in [4.78, 5) is 19.3. The molecule has 0 atom stereocenters. The van der Waals surface area contributed by atoms with Gasteiger partial charge in [-0.2, -0.15) is 0 Å². The summed E-state index contributed by atoms with van der Waals surface area (Å²) < 4.78 is 0. The van der Waals surface area contributed by atoms with Crippen molar-refractivity contribution in [1.29, 1.82) is 0 Å². The number of hydrogen-bond acceptors (Lipinski definition) is 4. The molecule has 0 N–H and O–H groups in total. The van der Waals surface area contributed by atoms with Crippen LogP contribution >= 0.6 is 0 Å². The minimum absolute atomic E-state index is 0.154. The van der Waals surface area contributed by atoms with E-state index in [1.807, 2.05) is 66.9 Å². The maximum atomic E-state index is 4.84. The first-order valence-corrected chi connectivity index (χ1v) is 12.8. The van der Waals surface area contributed by atoms with E-state index in [1.54, 1.807) is 0 Å². The monoisotopic (exact) mass is 482 g/mol. The van der Waals surface area contributed by atoms with Crippen molar-refractivity contribution < 1.29 is 0 Å². The fourth-order valence-electron chi connectivity index (χ4n) is 5.78. The topological polar surface area (TPSA) is 51.6 Å². The van der Waals surface area contributed by atoms with Crippen LogP contribution in [0.25, 0.3) is 45.4 Å². The van der Waals surface area contributed by atoms with Crippen LogP contribution in [0, 0.1) is 0 Å². The Kier molecular flexibility index (Phi) is 5.49. The molecule has 0 radical (unpaired) electrons. The van der Waals surface area contributed by atoms with Gasteiger partial charge in [-0.05, 0) is 46.6 Å². The zero-order valence-corrected chi connectivity index (χ0v) is 21.7. The van der Waals surface area contributed by atoms with E-state index in [9.17, 15) is 0 Å². The van der Waals surface area contributed by atoms with E-state index in [0.29, 0.717) is 17.5 Å². The molecule has 0 amide bonds. The van der Waals surface area contributed by atoms with E-state index < -0.39 is 0 Å². The lowest BCUT2D eigenvalue weighted by Crippen LogP contribution is -2.17. The first-order chi connectivity index (χ1) is 17.8. The van der Waals surface area contributed by atoms with Crippen molar-refractivity contribution in [3.63, 3.8) is 0 Å². The molecule has 1 aliphatic carbocycles. The number of fused-ring (bicyclic) bond motifs is 1. The van der Waals surface area contributed by atoms with Gasteiger partial charge in [-0.1, -0.05) is 100 Å². The van der Waals surface area contributed by atoms with Crippen molar-refractivity contribution in [2.24, 2.45) is 0 Å². The number of benzene rings is 3. The largest absolute Gasteiger partial charge is 0.255 e. The molecule has 0 spiro atoms. The highest BCUT2D eigenvalue weighted by atomic mass is 15.0. The van der Waals surface area contributed by atoms with Crippen LogP contribution in [-0.2, 0) is 10.8 Å². The van der Waals surface area contributed by atoms with Crippen LogP contribution in [0.4, 0.5) is 0 Å². The van der Waals surface area contributed by atoms with Crippen LogP contribution in [0.3, 0.4) is 0 Å². The van der Waals surface area contributed by atoms with E-state index in [1.165, 1.54) is 11.1 Å². The molecule has 4 heteroatoms. The number of aromatic nitrogens is 4. The molecule has 2 heterocycles. The molecule has 4 nitrogen and oxygen atoms in total. The Balaban J connectivity index is 1.40. The van der Waals surface area contributed by atoms with Gasteiger partial charge >= 0.3 is 0 Å². The Morgan fingerprint density at radius 3 is 1.57 bits per heavy atom. The lowest BCUT2D eigenvalue weighted by Gasteiger charge is -2.22. The molecule has 0 saturated carbocycles. The van der Waals surface area contributed by atoms with Gasteiger partial charge in [0.05, 0.1) is 5.69 Å². The van der Waals surface area contributed by atoms with Gasteiger partial charge in [-0.15, -0.1) is 0 Å². The van der Waals surface area contributed by atoms with Crippen molar-refractivity contribution in [3.8, 4) is 45.4 Å². The highest BCUT2D eigenvalue weighted by molar-refractivity contribution is 5.69. The van der Waals surface area contributed by atoms with Crippen LogP contribution in [0.2, 0.25) is 0 Å². The van der Waals surface area contributed by atoms with Gasteiger partial charge in [0.25, 0.3) is 0 Å². The highest BCUT2D eigenvalue weighted by Crippen LogP contribution is 2.50. The van der Waals surface area contributed by atoms with Crippen molar-refractivity contribution in [3.05, 3.63) is 108 Å². The van der Waals surface area contributed by atoms with Crippen molar-refractivity contribution in [2.75, 3.05) is 0 Å². The Morgan fingerprint density at radius 1 is 0.514 bits per heavy atom. The van der Waals surface area contributed by atoms with Gasteiger partial charge in [0.1, 0.15) is 0 Å². The number of nitrogens with zero attached hydrogens (tertiary/aromatic N) is 4. The lowest BCUT2D eigenvalue weighted by molar-refractivity contribution is 0.403. The summed E-state index contributed by atoms with van der Waals surface area (Å²) in [6, 6.07) is 31.0. The summed E-state index contributed by atoms with van der Waals surface area (Å²) in [5, 5.41) is 0.